The van der Waals surface area contributed by atoms with Crippen molar-refractivity contribution in [2.75, 3.05) is 13.6 Å². The number of nitrogens with one attached hydrogen (secondary N) is 1. The van der Waals surface area contributed by atoms with Gasteiger partial charge in [-0.2, -0.15) is 0 Å². The van der Waals surface area contributed by atoms with Gasteiger partial charge in [0.1, 0.15) is 0 Å². The second-order valence-corrected chi connectivity index (χ2v) is 7.19. The fourth-order valence-electron chi connectivity index (χ4n) is 3.67. The molecule has 2 atom stereocenters. The zero-order valence-electron chi connectivity index (χ0n) is 13.2. The van der Waals surface area contributed by atoms with Gasteiger partial charge in [-0.25, -0.2) is 0 Å². The molecule has 0 saturated heterocycles. The number of rotatable bonds is 8. The van der Waals surface area contributed by atoms with Gasteiger partial charge in [0.25, 0.3) is 0 Å². The molecule has 1 rings (SSSR count). The molecule has 1 aliphatic rings. The second-order valence-electron chi connectivity index (χ2n) is 7.19. The van der Waals surface area contributed by atoms with E-state index in [2.05, 4.69) is 33.1 Å². The minimum atomic E-state index is 0.596. The molecular formula is C17H35N. The van der Waals surface area contributed by atoms with E-state index in [1.165, 1.54) is 64.3 Å². The van der Waals surface area contributed by atoms with Crippen LogP contribution in [0.1, 0.15) is 78.6 Å². The molecule has 1 fully saturated rings. The molecule has 0 aromatic rings. The Kier molecular flexibility index (Phi) is 7.29. The summed E-state index contributed by atoms with van der Waals surface area (Å²) in [5.41, 5.74) is 0.596. The van der Waals surface area contributed by atoms with Crippen molar-refractivity contribution in [3.05, 3.63) is 0 Å². The SMILES string of the molecule is CCCCCCCC1CC(C)(C)CCC1CNC. The monoisotopic (exact) mass is 253 g/mol. The van der Waals surface area contributed by atoms with Crippen molar-refractivity contribution in [1.82, 2.24) is 5.32 Å². The van der Waals surface area contributed by atoms with E-state index in [-0.39, 0.29) is 0 Å². The van der Waals surface area contributed by atoms with Crippen LogP contribution in [0.4, 0.5) is 0 Å². The average Bonchev–Trinajstić information content (AvgIpc) is 2.32. The van der Waals surface area contributed by atoms with Gasteiger partial charge in [0.05, 0.1) is 0 Å². The van der Waals surface area contributed by atoms with E-state index in [4.69, 9.17) is 0 Å². The van der Waals surface area contributed by atoms with Crippen molar-refractivity contribution in [3.8, 4) is 0 Å². The van der Waals surface area contributed by atoms with Gasteiger partial charge >= 0.3 is 0 Å². The van der Waals surface area contributed by atoms with Gasteiger partial charge in [-0.1, -0.05) is 59.3 Å². The Balaban J connectivity index is 2.31. The zero-order valence-corrected chi connectivity index (χ0v) is 13.2. The summed E-state index contributed by atoms with van der Waals surface area (Å²) in [5, 5.41) is 3.41. The van der Waals surface area contributed by atoms with E-state index in [9.17, 15) is 0 Å². The highest BCUT2D eigenvalue weighted by atomic mass is 14.8. The predicted octanol–water partition coefficient (Wildman–Crippen LogP) is 5.01. The van der Waals surface area contributed by atoms with Gasteiger partial charge in [0, 0.05) is 0 Å². The Morgan fingerprint density at radius 1 is 1.06 bits per heavy atom. The standard InChI is InChI=1S/C17H35N/c1-5-6-7-8-9-10-15-13-17(2,3)12-11-16(15)14-18-4/h15-16,18H,5-14H2,1-4H3. The summed E-state index contributed by atoms with van der Waals surface area (Å²) < 4.78 is 0. The van der Waals surface area contributed by atoms with Gasteiger partial charge in [-0.3, -0.25) is 0 Å². The molecule has 0 heterocycles. The largest absolute Gasteiger partial charge is 0.319 e. The first-order valence-corrected chi connectivity index (χ1v) is 8.23. The van der Waals surface area contributed by atoms with Crippen LogP contribution >= 0.6 is 0 Å². The Labute approximate surface area is 115 Å². The fourth-order valence-corrected chi connectivity index (χ4v) is 3.67. The van der Waals surface area contributed by atoms with E-state index in [0.29, 0.717) is 5.41 Å². The van der Waals surface area contributed by atoms with Crippen molar-refractivity contribution < 1.29 is 0 Å². The maximum Gasteiger partial charge on any atom is -0.00209 e. The minimum Gasteiger partial charge on any atom is -0.319 e. The van der Waals surface area contributed by atoms with Gasteiger partial charge < -0.3 is 5.32 Å². The molecule has 0 aromatic carbocycles. The molecule has 2 unspecified atom stereocenters. The summed E-state index contributed by atoms with van der Waals surface area (Å²) in [7, 11) is 2.11. The molecule has 0 amide bonds. The smallest absolute Gasteiger partial charge is 0.00209 e. The summed E-state index contributed by atoms with van der Waals surface area (Å²) in [6, 6.07) is 0. The third kappa shape index (κ3) is 5.73. The summed E-state index contributed by atoms with van der Waals surface area (Å²) in [6.45, 7) is 8.46. The van der Waals surface area contributed by atoms with Crippen LogP contribution in [-0.4, -0.2) is 13.6 Å². The molecule has 1 N–H and O–H groups in total. The highest BCUT2D eigenvalue weighted by Gasteiger charge is 2.33. The van der Waals surface area contributed by atoms with Crippen molar-refractivity contribution in [1.29, 1.82) is 0 Å². The first-order chi connectivity index (χ1) is 8.59. The van der Waals surface area contributed by atoms with Crippen molar-refractivity contribution in [2.24, 2.45) is 17.3 Å². The molecule has 0 aromatic heterocycles. The van der Waals surface area contributed by atoms with Crippen LogP contribution < -0.4 is 5.32 Å². The van der Waals surface area contributed by atoms with E-state index in [1.54, 1.807) is 0 Å². The highest BCUT2D eigenvalue weighted by Crippen LogP contribution is 2.43. The lowest BCUT2D eigenvalue weighted by Crippen LogP contribution is -2.35. The van der Waals surface area contributed by atoms with Crippen LogP contribution in [0.2, 0.25) is 0 Å². The van der Waals surface area contributed by atoms with Crippen molar-refractivity contribution >= 4 is 0 Å². The Hall–Kier alpha value is -0.0400. The van der Waals surface area contributed by atoms with Crippen LogP contribution in [0, 0.1) is 17.3 Å². The quantitative estimate of drug-likeness (QED) is 0.600. The van der Waals surface area contributed by atoms with Gasteiger partial charge in [-0.15, -0.1) is 0 Å². The van der Waals surface area contributed by atoms with Gasteiger partial charge in [0.15, 0.2) is 0 Å². The van der Waals surface area contributed by atoms with Crippen LogP contribution in [0.15, 0.2) is 0 Å². The van der Waals surface area contributed by atoms with Crippen LogP contribution in [0.3, 0.4) is 0 Å². The summed E-state index contributed by atoms with van der Waals surface area (Å²) in [5.74, 6) is 1.91. The number of unbranched alkanes of at least 4 members (excludes halogenated alkanes) is 4. The van der Waals surface area contributed by atoms with Crippen molar-refractivity contribution in [2.45, 2.75) is 78.6 Å². The molecule has 0 spiro atoms. The molecular weight excluding hydrogens is 218 g/mol. The second kappa shape index (κ2) is 8.19. The predicted molar refractivity (Wildman–Crippen MR) is 81.9 cm³/mol. The lowest BCUT2D eigenvalue weighted by molar-refractivity contribution is 0.109. The summed E-state index contributed by atoms with van der Waals surface area (Å²) in [6.07, 6.45) is 12.9. The molecule has 0 bridgehead atoms. The minimum absolute atomic E-state index is 0.596. The topological polar surface area (TPSA) is 12.0 Å². The van der Waals surface area contributed by atoms with E-state index in [0.717, 1.165) is 11.8 Å². The Morgan fingerprint density at radius 3 is 2.44 bits per heavy atom. The van der Waals surface area contributed by atoms with Crippen LogP contribution in [0.5, 0.6) is 0 Å². The molecule has 18 heavy (non-hydrogen) atoms. The summed E-state index contributed by atoms with van der Waals surface area (Å²) >= 11 is 0. The summed E-state index contributed by atoms with van der Waals surface area (Å²) in [4.78, 5) is 0. The van der Waals surface area contributed by atoms with Gasteiger partial charge in [0.2, 0.25) is 0 Å². The molecule has 1 heteroatoms. The third-order valence-electron chi connectivity index (χ3n) is 4.82. The average molecular weight is 253 g/mol. The lowest BCUT2D eigenvalue weighted by atomic mass is 9.66. The first-order valence-electron chi connectivity index (χ1n) is 8.23. The molecule has 0 radical (unpaired) electrons. The number of hydrogen-bond donors (Lipinski definition) is 1. The first kappa shape index (κ1) is 16.0. The molecule has 1 saturated carbocycles. The zero-order chi connectivity index (χ0) is 13.4. The third-order valence-corrected chi connectivity index (χ3v) is 4.82. The van der Waals surface area contributed by atoms with Crippen LogP contribution in [-0.2, 0) is 0 Å². The van der Waals surface area contributed by atoms with Gasteiger partial charge in [-0.05, 0) is 50.1 Å². The Bertz CT molecular complexity index is 210. The molecule has 1 aliphatic carbocycles. The maximum atomic E-state index is 3.41. The maximum absolute atomic E-state index is 3.41. The lowest BCUT2D eigenvalue weighted by Gasteiger charge is -2.41. The van der Waals surface area contributed by atoms with E-state index >= 15 is 0 Å². The molecule has 108 valence electrons. The fraction of sp³-hybridized carbons (Fsp3) is 1.00. The van der Waals surface area contributed by atoms with Crippen molar-refractivity contribution in [3.63, 3.8) is 0 Å². The normalized spacial score (nSPS) is 27.3. The molecule has 1 nitrogen and oxygen atoms in total. The number of hydrogen-bond acceptors (Lipinski definition) is 1. The van der Waals surface area contributed by atoms with E-state index in [1.807, 2.05) is 0 Å². The van der Waals surface area contributed by atoms with Crippen LogP contribution in [0.25, 0.3) is 0 Å². The highest BCUT2D eigenvalue weighted by molar-refractivity contribution is 4.85. The van der Waals surface area contributed by atoms with E-state index < -0.39 is 0 Å². The Morgan fingerprint density at radius 2 is 1.78 bits per heavy atom. The molecule has 0 aliphatic heterocycles.